The molecule has 0 saturated heterocycles. The Kier molecular flexibility index (Phi) is 2.50. The number of hydrogen-bond donors (Lipinski definition) is 1. The van der Waals surface area contributed by atoms with Gasteiger partial charge >= 0.3 is 0 Å². The van der Waals surface area contributed by atoms with E-state index < -0.39 is 0 Å². The summed E-state index contributed by atoms with van der Waals surface area (Å²) in [6.45, 7) is 0.567. The van der Waals surface area contributed by atoms with Crippen molar-refractivity contribution in [1.29, 1.82) is 5.41 Å². The van der Waals surface area contributed by atoms with Crippen molar-refractivity contribution in [1.82, 2.24) is 0 Å². The van der Waals surface area contributed by atoms with Crippen molar-refractivity contribution in [2.24, 2.45) is 4.99 Å². The van der Waals surface area contributed by atoms with Crippen molar-refractivity contribution < 1.29 is 0 Å². The van der Waals surface area contributed by atoms with Crippen LogP contribution >= 0.6 is 12.2 Å². The predicted molar refractivity (Wildman–Crippen MR) is 62.9 cm³/mol. The van der Waals surface area contributed by atoms with E-state index in [1.54, 1.807) is 6.21 Å². The van der Waals surface area contributed by atoms with Crippen LogP contribution in [0.15, 0.2) is 35.3 Å². The van der Waals surface area contributed by atoms with Gasteiger partial charge in [-0.05, 0) is 5.56 Å². The molecule has 1 unspecified atom stereocenters. The summed E-state index contributed by atoms with van der Waals surface area (Å²) in [5, 5.41) is 7.78. The fourth-order valence-electron chi connectivity index (χ4n) is 1.58. The summed E-state index contributed by atoms with van der Waals surface area (Å²) in [4.78, 5) is 4.86. The normalized spacial score (nSPS) is 21.3. The number of nitrogens with one attached hydrogen (secondary N) is 1. The van der Waals surface area contributed by atoms with Crippen molar-refractivity contribution in [3.05, 3.63) is 35.9 Å². The average molecular weight is 202 g/mol. The molecule has 2 rings (SSSR count). The molecule has 0 aromatic heterocycles. The topological polar surface area (TPSA) is 36.2 Å². The van der Waals surface area contributed by atoms with Crippen molar-refractivity contribution in [3.8, 4) is 0 Å². The third kappa shape index (κ3) is 1.63. The smallest absolute Gasteiger partial charge is 0.0713 e. The van der Waals surface area contributed by atoms with Crippen LogP contribution in [0.25, 0.3) is 0 Å². The largest absolute Gasteiger partial charge is 0.303 e. The van der Waals surface area contributed by atoms with E-state index in [4.69, 9.17) is 17.6 Å². The molecule has 1 aliphatic heterocycles. The van der Waals surface area contributed by atoms with Gasteiger partial charge in [0.2, 0.25) is 0 Å². The monoisotopic (exact) mass is 202 g/mol. The predicted octanol–water partition coefficient (Wildman–Crippen LogP) is 2.24. The average Bonchev–Trinajstić information content (AvgIpc) is 2.19. The first-order valence-corrected chi connectivity index (χ1v) is 4.86. The van der Waals surface area contributed by atoms with Crippen LogP contribution in [-0.2, 0) is 0 Å². The Hall–Kier alpha value is -1.35. The van der Waals surface area contributed by atoms with E-state index in [0.29, 0.717) is 12.3 Å². The molecule has 3 heteroatoms. The molecule has 0 saturated carbocycles. The van der Waals surface area contributed by atoms with Gasteiger partial charge in [-0.25, -0.2) is 0 Å². The molecule has 0 radical (unpaired) electrons. The first-order chi connectivity index (χ1) is 6.79. The molecule has 1 heterocycles. The number of hydrogen-bond acceptors (Lipinski definition) is 3. The lowest BCUT2D eigenvalue weighted by Gasteiger charge is -2.19. The fraction of sp³-hybridized carbons (Fsp3) is 0.182. The molecule has 0 spiro atoms. The molecule has 0 bridgehead atoms. The molecule has 0 amide bonds. The van der Waals surface area contributed by atoms with E-state index in [1.165, 1.54) is 0 Å². The second kappa shape index (κ2) is 3.80. The molecule has 14 heavy (non-hydrogen) atoms. The Balaban J connectivity index is 2.38. The van der Waals surface area contributed by atoms with E-state index in [2.05, 4.69) is 4.99 Å². The van der Waals surface area contributed by atoms with Crippen LogP contribution in [-0.4, -0.2) is 23.3 Å². The summed E-state index contributed by atoms with van der Waals surface area (Å²) in [5.41, 5.74) is 1.58. The van der Waals surface area contributed by atoms with Crippen molar-refractivity contribution in [2.75, 3.05) is 6.54 Å². The highest BCUT2D eigenvalue weighted by Crippen LogP contribution is 2.20. The number of aliphatic imine (C=N–C) groups is 1. The zero-order valence-electron chi connectivity index (χ0n) is 7.60. The molecule has 1 N–H and O–H groups in total. The van der Waals surface area contributed by atoms with E-state index in [1.807, 2.05) is 30.3 Å². The first-order valence-electron chi connectivity index (χ1n) is 4.45. The van der Waals surface area contributed by atoms with Crippen LogP contribution in [0.4, 0.5) is 0 Å². The zero-order chi connectivity index (χ0) is 9.97. The van der Waals surface area contributed by atoms with E-state index in [-0.39, 0.29) is 5.92 Å². The van der Waals surface area contributed by atoms with Gasteiger partial charge in [-0.1, -0.05) is 42.5 Å². The molecule has 70 valence electrons. The highest BCUT2D eigenvalue weighted by Gasteiger charge is 2.22. The zero-order valence-corrected chi connectivity index (χ0v) is 8.42. The van der Waals surface area contributed by atoms with Crippen molar-refractivity contribution in [3.63, 3.8) is 0 Å². The molecule has 2 nitrogen and oxygen atoms in total. The first kappa shape index (κ1) is 9.21. The Morgan fingerprint density at radius 3 is 2.64 bits per heavy atom. The highest BCUT2D eigenvalue weighted by atomic mass is 32.1. The number of thiocarbonyl (C=S) groups is 1. The number of benzene rings is 1. The van der Waals surface area contributed by atoms with Gasteiger partial charge in [0.25, 0.3) is 0 Å². The van der Waals surface area contributed by atoms with Gasteiger partial charge in [0.15, 0.2) is 0 Å². The van der Waals surface area contributed by atoms with Crippen molar-refractivity contribution in [2.45, 2.75) is 5.92 Å². The summed E-state index contributed by atoms with van der Waals surface area (Å²) < 4.78 is 0. The van der Waals surface area contributed by atoms with Gasteiger partial charge in [0.05, 0.1) is 18.2 Å². The minimum Gasteiger partial charge on any atom is -0.303 e. The Morgan fingerprint density at radius 2 is 2.00 bits per heavy atom. The van der Waals surface area contributed by atoms with Crippen LogP contribution in [0, 0.1) is 5.41 Å². The van der Waals surface area contributed by atoms with Gasteiger partial charge in [-0.15, -0.1) is 0 Å². The minimum atomic E-state index is -0.0382. The maximum atomic E-state index is 7.78. The molecule has 1 aliphatic rings. The summed E-state index contributed by atoms with van der Waals surface area (Å²) in [7, 11) is 0. The van der Waals surface area contributed by atoms with Crippen LogP contribution in [0.2, 0.25) is 0 Å². The van der Waals surface area contributed by atoms with Crippen LogP contribution < -0.4 is 0 Å². The molecule has 1 aromatic rings. The molecule has 0 aliphatic carbocycles. The third-order valence-corrected chi connectivity index (χ3v) is 2.61. The van der Waals surface area contributed by atoms with Crippen LogP contribution in [0.1, 0.15) is 11.5 Å². The molecule has 0 fully saturated rings. The highest BCUT2D eigenvalue weighted by molar-refractivity contribution is 7.80. The lowest BCUT2D eigenvalue weighted by atomic mass is 9.90. The second-order valence-electron chi connectivity index (χ2n) is 3.24. The molecular weight excluding hydrogens is 192 g/mol. The quantitative estimate of drug-likeness (QED) is 0.697. The second-order valence-corrected chi connectivity index (χ2v) is 3.76. The Bertz CT molecular complexity index is 395. The summed E-state index contributed by atoms with van der Waals surface area (Å²) >= 11 is 5.23. The van der Waals surface area contributed by atoms with Crippen LogP contribution in [0.5, 0.6) is 0 Å². The van der Waals surface area contributed by atoms with E-state index in [9.17, 15) is 0 Å². The number of rotatable bonds is 1. The molecular formula is C11H10N2S. The Morgan fingerprint density at radius 1 is 1.29 bits per heavy atom. The third-order valence-electron chi connectivity index (χ3n) is 2.24. The van der Waals surface area contributed by atoms with Gasteiger partial charge in [0, 0.05) is 11.1 Å². The van der Waals surface area contributed by atoms with Gasteiger partial charge in [-0.3, -0.25) is 4.99 Å². The van der Waals surface area contributed by atoms with Crippen molar-refractivity contribution >= 4 is 29.0 Å². The molecule has 1 atom stereocenters. The lowest BCUT2D eigenvalue weighted by molar-refractivity contribution is 1.14. The lowest BCUT2D eigenvalue weighted by Crippen LogP contribution is -2.27. The standard InChI is InChI=1S/C11H10N2S/c12-9-6-13-7-10(14)11(9)8-4-2-1-3-5-8/h1-6,11-12H,7H2. The van der Waals surface area contributed by atoms with Gasteiger partial charge < -0.3 is 5.41 Å². The van der Waals surface area contributed by atoms with Gasteiger partial charge in [0.1, 0.15) is 0 Å². The molecule has 1 aromatic carbocycles. The fourth-order valence-corrected chi connectivity index (χ4v) is 1.92. The van der Waals surface area contributed by atoms with E-state index in [0.717, 1.165) is 10.4 Å². The summed E-state index contributed by atoms with van der Waals surface area (Å²) in [5.74, 6) is -0.0382. The van der Waals surface area contributed by atoms with E-state index >= 15 is 0 Å². The summed E-state index contributed by atoms with van der Waals surface area (Å²) in [6, 6.07) is 9.91. The minimum absolute atomic E-state index is 0.0382. The number of nitrogens with zero attached hydrogens (tertiary/aromatic N) is 1. The maximum Gasteiger partial charge on any atom is 0.0713 e. The Labute approximate surface area is 88.2 Å². The maximum absolute atomic E-state index is 7.78. The SMILES string of the molecule is N=C1C=NCC(=S)C1c1ccccc1. The van der Waals surface area contributed by atoms with Crippen LogP contribution in [0.3, 0.4) is 0 Å². The van der Waals surface area contributed by atoms with Gasteiger partial charge in [-0.2, -0.15) is 0 Å². The summed E-state index contributed by atoms with van der Waals surface area (Å²) in [6.07, 6.45) is 1.60.